The van der Waals surface area contributed by atoms with E-state index in [4.69, 9.17) is 0 Å². The van der Waals surface area contributed by atoms with Gasteiger partial charge in [0.1, 0.15) is 30.5 Å². The first-order valence-electron chi connectivity index (χ1n) is 8.86. The Kier molecular flexibility index (Phi) is 4.41. The normalized spacial score (nSPS) is 13.9. The van der Waals surface area contributed by atoms with Gasteiger partial charge in [-0.15, -0.1) is 11.3 Å². The largest absolute Gasteiger partial charge is 0.355 e. The summed E-state index contributed by atoms with van der Waals surface area (Å²) in [5.41, 5.74) is 1.54. The highest BCUT2D eigenvalue weighted by atomic mass is 32.1. The molecule has 5 heterocycles. The number of amides is 1. The molecule has 4 aromatic heterocycles. The van der Waals surface area contributed by atoms with E-state index in [0.29, 0.717) is 24.0 Å². The minimum Gasteiger partial charge on any atom is -0.355 e. The highest BCUT2D eigenvalue weighted by Gasteiger charge is 2.34. The van der Waals surface area contributed by atoms with E-state index in [0.717, 1.165) is 17.2 Å². The number of nitrogens with one attached hydrogen (secondary N) is 1. The summed E-state index contributed by atoms with van der Waals surface area (Å²) in [4.78, 5) is 35.7. The second kappa shape index (κ2) is 7.36. The molecule has 0 aromatic carbocycles. The number of thiazole rings is 1. The molecule has 1 N–H and O–H groups in total. The maximum absolute atomic E-state index is 12.5. The lowest BCUT2D eigenvalue weighted by Crippen LogP contribution is -2.52. The van der Waals surface area contributed by atoms with Crippen molar-refractivity contribution in [3.63, 3.8) is 0 Å². The van der Waals surface area contributed by atoms with Crippen molar-refractivity contribution in [2.24, 2.45) is 5.92 Å². The van der Waals surface area contributed by atoms with Gasteiger partial charge in [0.2, 0.25) is 5.91 Å². The summed E-state index contributed by atoms with van der Waals surface area (Å²) in [5.74, 6) is 1.21. The Labute approximate surface area is 169 Å². The highest BCUT2D eigenvalue weighted by molar-refractivity contribution is 7.14. The van der Waals surface area contributed by atoms with Crippen molar-refractivity contribution in [1.29, 1.82) is 0 Å². The van der Waals surface area contributed by atoms with Gasteiger partial charge in [-0.25, -0.2) is 24.6 Å². The van der Waals surface area contributed by atoms with E-state index in [1.54, 1.807) is 17.2 Å². The van der Waals surface area contributed by atoms with Crippen LogP contribution in [0.15, 0.2) is 54.8 Å². The van der Waals surface area contributed by atoms with Crippen LogP contribution in [0.1, 0.15) is 0 Å². The van der Waals surface area contributed by atoms with Crippen molar-refractivity contribution in [3.05, 3.63) is 54.8 Å². The van der Waals surface area contributed by atoms with Crippen LogP contribution >= 0.6 is 11.3 Å². The third-order valence-corrected chi connectivity index (χ3v) is 5.29. The molecule has 0 atom stereocenters. The molecule has 0 spiro atoms. The van der Waals surface area contributed by atoms with Gasteiger partial charge in [-0.3, -0.25) is 9.78 Å². The summed E-state index contributed by atoms with van der Waals surface area (Å²) < 4.78 is 1.57. The molecule has 0 radical (unpaired) electrons. The highest BCUT2D eigenvalue weighted by Crippen LogP contribution is 2.27. The van der Waals surface area contributed by atoms with Crippen molar-refractivity contribution in [2.75, 3.05) is 23.3 Å². The first kappa shape index (κ1) is 17.4. The Morgan fingerprint density at radius 2 is 2.00 bits per heavy atom. The zero-order valence-corrected chi connectivity index (χ0v) is 15.9. The number of carbonyl (C=O) groups is 1. The standard InChI is InChI=1S/C18H15N9OS/c28-17(25-18-24-14(8-29-18)13-3-1-2-4-20-13)12-6-26(7-12)15-5-16(22-10-21-15)27-11-19-9-23-27/h1-5,8-12H,6-7H2,(H,24,25,28). The lowest BCUT2D eigenvalue weighted by molar-refractivity contribution is -0.120. The fourth-order valence-electron chi connectivity index (χ4n) is 2.96. The number of carbonyl (C=O) groups excluding carboxylic acids is 1. The number of rotatable bonds is 5. The van der Waals surface area contributed by atoms with Crippen LogP contribution in [0.25, 0.3) is 17.2 Å². The van der Waals surface area contributed by atoms with Gasteiger partial charge >= 0.3 is 0 Å². The number of pyridine rings is 1. The summed E-state index contributed by atoms with van der Waals surface area (Å²) in [5, 5.41) is 9.43. The van der Waals surface area contributed by atoms with Crippen molar-refractivity contribution in [1.82, 2.24) is 34.7 Å². The number of hydrogen-bond donors (Lipinski definition) is 1. The van der Waals surface area contributed by atoms with Gasteiger partial charge in [-0.2, -0.15) is 5.10 Å². The molecule has 0 bridgehead atoms. The van der Waals surface area contributed by atoms with E-state index in [-0.39, 0.29) is 11.8 Å². The van der Waals surface area contributed by atoms with Crippen LogP contribution in [-0.2, 0) is 4.79 Å². The van der Waals surface area contributed by atoms with E-state index in [1.807, 2.05) is 34.5 Å². The SMILES string of the molecule is O=C(Nc1nc(-c2ccccn2)cs1)C1CN(c2cc(-n3cncn3)ncn2)C1. The fourth-order valence-corrected chi connectivity index (χ4v) is 3.67. The first-order chi connectivity index (χ1) is 14.3. The van der Waals surface area contributed by atoms with Crippen LogP contribution in [0.3, 0.4) is 0 Å². The lowest BCUT2D eigenvalue weighted by Gasteiger charge is -2.38. The zero-order valence-electron chi connectivity index (χ0n) is 15.1. The maximum atomic E-state index is 12.5. The molecule has 11 heteroatoms. The van der Waals surface area contributed by atoms with Crippen molar-refractivity contribution in [2.45, 2.75) is 0 Å². The first-order valence-corrected chi connectivity index (χ1v) is 9.74. The van der Waals surface area contributed by atoms with Crippen LogP contribution in [-0.4, -0.2) is 53.7 Å². The topological polar surface area (TPSA) is 115 Å². The van der Waals surface area contributed by atoms with E-state index in [9.17, 15) is 4.79 Å². The van der Waals surface area contributed by atoms with E-state index < -0.39 is 0 Å². The van der Waals surface area contributed by atoms with Gasteiger partial charge < -0.3 is 10.2 Å². The molecule has 1 saturated heterocycles. The average Bonchev–Trinajstić information content (AvgIpc) is 3.40. The summed E-state index contributed by atoms with van der Waals surface area (Å²) >= 11 is 1.39. The second-order valence-electron chi connectivity index (χ2n) is 6.42. The molecule has 1 aliphatic rings. The van der Waals surface area contributed by atoms with E-state index in [1.165, 1.54) is 24.0 Å². The second-order valence-corrected chi connectivity index (χ2v) is 7.28. The average molecular weight is 405 g/mol. The van der Waals surface area contributed by atoms with Crippen molar-refractivity contribution >= 4 is 28.2 Å². The van der Waals surface area contributed by atoms with Crippen LogP contribution in [0.5, 0.6) is 0 Å². The smallest absolute Gasteiger partial charge is 0.232 e. The zero-order chi connectivity index (χ0) is 19.6. The molecule has 5 rings (SSSR count). The Morgan fingerprint density at radius 3 is 2.79 bits per heavy atom. The van der Waals surface area contributed by atoms with Gasteiger partial charge in [0.05, 0.1) is 11.6 Å². The Balaban J connectivity index is 1.20. The van der Waals surface area contributed by atoms with Gasteiger partial charge in [0.25, 0.3) is 0 Å². The van der Waals surface area contributed by atoms with Crippen LogP contribution in [0, 0.1) is 5.92 Å². The third-order valence-electron chi connectivity index (χ3n) is 4.53. The molecule has 0 saturated carbocycles. The van der Waals surface area contributed by atoms with Gasteiger partial charge in [0, 0.05) is 30.7 Å². The number of aromatic nitrogens is 7. The molecule has 0 aliphatic carbocycles. The minimum absolute atomic E-state index is 0.0475. The van der Waals surface area contributed by atoms with Gasteiger partial charge in [-0.1, -0.05) is 6.07 Å². The number of hydrogen-bond acceptors (Lipinski definition) is 9. The minimum atomic E-state index is -0.123. The van der Waals surface area contributed by atoms with Gasteiger partial charge in [-0.05, 0) is 12.1 Å². The van der Waals surface area contributed by atoms with Crippen LogP contribution < -0.4 is 10.2 Å². The molecule has 144 valence electrons. The van der Waals surface area contributed by atoms with Crippen molar-refractivity contribution < 1.29 is 4.79 Å². The predicted molar refractivity (Wildman–Crippen MR) is 107 cm³/mol. The molecule has 4 aromatic rings. The van der Waals surface area contributed by atoms with Crippen molar-refractivity contribution in [3.8, 4) is 17.2 Å². The molecule has 10 nitrogen and oxygen atoms in total. The molecular formula is C18H15N9OS. The molecule has 1 amide bonds. The summed E-state index contributed by atoms with van der Waals surface area (Å²) in [6.45, 7) is 1.16. The molecule has 1 aliphatic heterocycles. The van der Waals surface area contributed by atoms with E-state index in [2.05, 4.69) is 35.3 Å². The number of anilines is 2. The fraction of sp³-hybridized carbons (Fsp3) is 0.167. The quantitative estimate of drug-likeness (QED) is 0.533. The Morgan fingerprint density at radius 1 is 1.10 bits per heavy atom. The van der Waals surface area contributed by atoms with Gasteiger partial charge in [0.15, 0.2) is 10.9 Å². The molecule has 1 fully saturated rings. The monoisotopic (exact) mass is 405 g/mol. The number of nitrogens with zero attached hydrogens (tertiary/aromatic N) is 8. The summed E-state index contributed by atoms with van der Waals surface area (Å²) in [6, 6.07) is 7.47. The van der Waals surface area contributed by atoms with Crippen LogP contribution in [0.2, 0.25) is 0 Å². The molecular weight excluding hydrogens is 390 g/mol. The third kappa shape index (κ3) is 3.55. The molecule has 0 unspecified atom stereocenters. The van der Waals surface area contributed by atoms with E-state index >= 15 is 0 Å². The van der Waals surface area contributed by atoms with Crippen LogP contribution in [0.4, 0.5) is 10.9 Å². The maximum Gasteiger partial charge on any atom is 0.232 e. The lowest BCUT2D eigenvalue weighted by atomic mass is 9.99. The summed E-state index contributed by atoms with van der Waals surface area (Å²) in [7, 11) is 0. The summed E-state index contributed by atoms with van der Waals surface area (Å²) in [6.07, 6.45) is 6.22. The predicted octanol–water partition coefficient (Wildman–Crippen LogP) is 1.65. The Hall–Kier alpha value is -3.73. The Bertz CT molecular complexity index is 1120. The molecule has 29 heavy (non-hydrogen) atoms.